The number of carboxylic acids is 1. The Kier molecular flexibility index (Phi) is 9.39. The number of nitrogens with zero attached hydrogens (tertiary/aromatic N) is 2. The van der Waals surface area contributed by atoms with Crippen LogP contribution < -0.4 is 14.4 Å². The predicted molar refractivity (Wildman–Crippen MR) is 189 cm³/mol. The standard InChI is InChI=1S/C41H38N2O5/c1-41(2,3)31-17-22-35(23-18-31)48-36-21-16-29-26-37(42-27-30(29)25-36)39(44)43(32-10-6-4-7-11-32)38(40(45)46)24-28-14-19-34(20-15-28)47-33-12-8-5-9-13-33/h4,6-8,10-23,25-27,38H,5,9,24H2,1-3H3,(H,45,46). The number of fused-ring (bicyclic) bond motifs is 1. The zero-order chi connectivity index (χ0) is 33.7. The number of allylic oxidation sites excluding steroid dienone is 3. The van der Waals surface area contributed by atoms with E-state index in [0.717, 1.165) is 40.7 Å². The van der Waals surface area contributed by atoms with Gasteiger partial charge in [0.25, 0.3) is 5.91 Å². The van der Waals surface area contributed by atoms with E-state index in [4.69, 9.17) is 9.47 Å². The molecule has 1 amide bonds. The molecule has 4 aromatic carbocycles. The number of hydrogen-bond acceptors (Lipinski definition) is 5. The van der Waals surface area contributed by atoms with Gasteiger partial charge in [-0.05, 0) is 102 Å². The maximum absolute atomic E-state index is 14.1. The van der Waals surface area contributed by atoms with Crippen LogP contribution >= 0.6 is 0 Å². The van der Waals surface area contributed by atoms with Crippen LogP contribution in [0.4, 0.5) is 5.69 Å². The highest BCUT2D eigenvalue weighted by Crippen LogP contribution is 2.30. The molecule has 1 atom stereocenters. The number of aliphatic carboxylic acids is 1. The minimum Gasteiger partial charge on any atom is -0.480 e. The Balaban J connectivity index is 1.24. The van der Waals surface area contributed by atoms with E-state index in [0.29, 0.717) is 17.2 Å². The van der Waals surface area contributed by atoms with Crippen LogP contribution in [0.2, 0.25) is 0 Å². The molecule has 1 heterocycles. The molecule has 0 bridgehead atoms. The summed E-state index contributed by atoms with van der Waals surface area (Å²) in [7, 11) is 0. The summed E-state index contributed by atoms with van der Waals surface area (Å²) in [6.45, 7) is 6.51. The van der Waals surface area contributed by atoms with Crippen LogP contribution in [0.5, 0.6) is 17.2 Å². The quantitative estimate of drug-likeness (QED) is 0.164. The molecule has 1 N–H and O–H groups in total. The molecular weight excluding hydrogens is 600 g/mol. The van der Waals surface area contributed by atoms with E-state index in [-0.39, 0.29) is 17.5 Å². The molecule has 0 spiro atoms. The average Bonchev–Trinajstić information content (AvgIpc) is 3.09. The molecule has 6 rings (SSSR count). The van der Waals surface area contributed by atoms with E-state index in [1.165, 1.54) is 10.5 Å². The fraction of sp³-hybridized carbons (Fsp3) is 0.195. The van der Waals surface area contributed by atoms with Crippen molar-refractivity contribution in [2.45, 2.75) is 51.5 Å². The van der Waals surface area contributed by atoms with Crippen molar-refractivity contribution in [1.29, 1.82) is 0 Å². The second-order valence-electron chi connectivity index (χ2n) is 12.9. The Labute approximate surface area is 280 Å². The minimum atomic E-state index is -1.19. The molecule has 1 aliphatic carbocycles. The number of pyridine rings is 1. The largest absolute Gasteiger partial charge is 0.480 e. The van der Waals surface area contributed by atoms with Crippen molar-refractivity contribution in [3.8, 4) is 17.2 Å². The minimum absolute atomic E-state index is 0.0498. The van der Waals surface area contributed by atoms with Gasteiger partial charge in [0.2, 0.25) is 0 Å². The van der Waals surface area contributed by atoms with Crippen molar-refractivity contribution in [3.05, 3.63) is 150 Å². The molecule has 1 aliphatic rings. The predicted octanol–water partition coefficient (Wildman–Crippen LogP) is 9.28. The van der Waals surface area contributed by atoms with Crippen molar-refractivity contribution in [1.82, 2.24) is 4.98 Å². The van der Waals surface area contributed by atoms with Crippen molar-refractivity contribution in [3.63, 3.8) is 0 Å². The average molecular weight is 639 g/mol. The van der Waals surface area contributed by atoms with Gasteiger partial charge in [0.15, 0.2) is 0 Å². The van der Waals surface area contributed by atoms with Gasteiger partial charge in [-0.25, -0.2) is 4.79 Å². The van der Waals surface area contributed by atoms with Gasteiger partial charge in [-0.2, -0.15) is 0 Å². The van der Waals surface area contributed by atoms with Gasteiger partial charge >= 0.3 is 5.97 Å². The molecule has 1 aromatic heterocycles. The molecule has 1 unspecified atom stereocenters. The van der Waals surface area contributed by atoms with E-state index in [2.05, 4.69) is 44.0 Å². The van der Waals surface area contributed by atoms with E-state index in [9.17, 15) is 14.7 Å². The third-order valence-electron chi connectivity index (χ3n) is 8.27. The zero-order valence-electron chi connectivity index (χ0n) is 27.3. The first kappa shape index (κ1) is 32.3. The summed E-state index contributed by atoms with van der Waals surface area (Å²) in [4.78, 5) is 32.7. The molecular formula is C41H38N2O5. The van der Waals surface area contributed by atoms with Crippen molar-refractivity contribution in [2.75, 3.05) is 4.90 Å². The van der Waals surface area contributed by atoms with Gasteiger partial charge in [0.05, 0.1) is 0 Å². The summed E-state index contributed by atoms with van der Waals surface area (Å²) in [6.07, 6.45) is 9.69. The highest BCUT2D eigenvalue weighted by Gasteiger charge is 2.33. The summed E-state index contributed by atoms with van der Waals surface area (Å²) >= 11 is 0. The smallest absolute Gasteiger partial charge is 0.327 e. The number of rotatable bonds is 10. The number of carboxylic acid groups (broad SMARTS) is 1. The first-order chi connectivity index (χ1) is 23.1. The van der Waals surface area contributed by atoms with Gasteiger partial charge in [-0.3, -0.25) is 14.7 Å². The van der Waals surface area contributed by atoms with Gasteiger partial charge < -0.3 is 14.6 Å². The first-order valence-electron chi connectivity index (χ1n) is 16.1. The van der Waals surface area contributed by atoms with Crippen molar-refractivity contribution in [2.24, 2.45) is 0 Å². The van der Waals surface area contributed by atoms with Crippen LogP contribution in [0.15, 0.2) is 133 Å². The number of ether oxygens (including phenoxy) is 2. The monoisotopic (exact) mass is 638 g/mol. The molecule has 0 radical (unpaired) electrons. The number of amides is 1. The van der Waals surface area contributed by atoms with Crippen LogP contribution in [0.3, 0.4) is 0 Å². The zero-order valence-corrected chi connectivity index (χ0v) is 27.3. The summed E-state index contributed by atoms with van der Waals surface area (Å²) < 4.78 is 12.0. The molecule has 7 nitrogen and oxygen atoms in total. The highest BCUT2D eigenvalue weighted by molar-refractivity contribution is 6.09. The fourth-order valence-electron chi connectivity index (χ4n) is 5.62. The van der Waals surface area contributed by atoms with Crippen LogP contribution in [0, 0.1) is 0 Å². The van der Waals surface area contributed by atoms with Gasteiger partial charge in [0.1, 0.15) is 34.7 Å². The molecule has 0 saturated heterocycles. The topological polar surface area (TPSA) is 89.0 Å². The maximum atomic E-state index is 14.1. The number of carbonyl (C=O) groups excluding carboxylic acids is 1. The molecule has 0 aliphatic heterocycles. The van der Waals surface area contributed by atoms with E-state index in [1.807, 2.05) is 72.8 Å². The SMILES string of the molecule is CC(C)(C)c1ccc(Oc2ccc3cc(C(=O)N(c4ccccc4)C(Cc4ccc(OC5=CCCC=C5)cc4)C(=O)O)ncc3c2)cc1. The Hall–Kier alpha value is -5.69. The molecule has 0 saturated carbocycles. The van der Waals surface area contributed by atoms with Crippen LogP contribution in [0.1, 0.15) is 55.2 Å². The number of carbonyl (C=O) groups is 2. The number of benzene rings is 4. The second-order valence-corrected chi connectivity index (χ2v) is 12.9. The van der Waals surface area contributed by atoms with Crippen molar-refractivity contribution < 1.29 is 24.2 Å². The fourth-order valence-corrected chi connectivity index (χ4v) is 5.62. The Morgan fingerprint density at radius 3 is 2.17 bits per heavy atom. The molecule has 0 fully saturated rings. The molecule has 242 valence electrons. The third-order valence-corrected chi connectivity index (χ3v) is 8.27. The highest BCUT2D eigenvalue weighted by atomic mass is 16.5. The molecule has 7 heteroatoms. The Bertz CT molecular complexity index is 1970. The lowest BCUT2D eigenvalue weighted by Gasteiger charge is -2.29. The summed E-state index contributed by atoms with van der Waals surface area (Å²) in [5.74, 6) is 1.19. The second kappa shape index (κ2) is 14.0. The van der Waals surface area contributed by atoms with Crippen LogP contribution in [0.25, 0.3) is 10.8 Å². The van der Waals surface area contributed by atoms with E-state index in [1.54, 1.807) is 36.5 Å². The Morgan fingerprint density at radius 1 is 0.812 bits per heavy atom. The third kappa shape index (κ3) is 7.64. The first-order valence-corrected chi connectivity index (χ1v) is 16.1. The molecule has 5 aromatic rings. The number of para-hydroxylation sites is 1. The van der Waals surface area contributed by atoms with Gasteiger partial charge in [0, 0.05) is 23.7 Å². The van der Waals surface area contributed by atoms with Crippen LogP contribution in [-0.2, 0) is 16.6 Å². The lowest BCUT2D eigenvalue weighted by molar-refractivity contribution is -0.138. The normalized spacial score (nSPS) is 13.4. The number of aromatic nitrogens is 1. The van der Waals surface area contributed by atoms with Crippen LogP contribution in [-0.4, -0.2) is 28.0 Å². The summed E-state index contributed by atoms with van der Waals surface area (Å²) in [5.41, 5.74) is 2.63. The molecule has 48 heavy (non-hydrogen) atoms. The maximum Gasteiger partial charge on any atom is 0.327 e. The summed E-state index contributed by atoms with van der Waals surface area (Å²) in [5, 5.41) is 12.0. The van der Waals surface area contributed by atoms with E-state index < -0.39 is 17.9 Å². The lowest BCUT2D eigenvalue weighted by Crippen LogP contribution is -2.47. The van der Waals surface area contributed by atoms with Gasteiger partial charge in [-0.1, -0.05) is 75.4 Å². The van der Waals surface area contributed by atoms with Gasteiger partial charge in [-0.15, -0.1) is 0 Å². The Morgan fingerprint density at radius 2 is 1.50 bits per heavy atom. The number of hydrogen-bond donors (Lipinski definition) is 1. The van der Waals surface area contributed by atoms with E-state index >= 15 is 0 Å². The number of anilines is 1. The lowest BCUT2D eigenvalue weighted by atomic mass is 9.87. The summed E-state index contributed by atoms with van der Waals surface area (Å²) in [6, 6.07) is 30.3. The van der Waals surface area contributed by atoms with Crippen molar-refractivity contribution >= 4 is 28.3 Å².